The number of nitrogens with one attached hydrogen (secondary N) is 1. The Bertz CT molecular complexity index is 1240. The zero-order chi connectivity index (χ0) is 24.8. The number of benzene rings is 2. The number of carbonyl (C=O) groups excluding carboxylic acids is 2. The van der Waals surface area contributed by atoms with Crippen LogP contribution in [0.1, 0.15) is 49.7 Å². The Morgan fingerprint density at radius 3 is 2.35 bits per heavy atom. The summed E-state index contributed by atoms with van der Waals surface area (Å²) in [5.41, 5.74) is 3.36. The van der Waals surface area contributed by atoms with E-state index in [1.54, 1.807) is 37.4 Å². The molecular weight excluding hydrogens is 456 g/mol. The molecule has 34 heavy (non-hydrogen) atoms. The van der Waals surface area contributed by atoms with Crippen LogP contribution in [0.3, 0.4) is 0 Å². The lowest BCUT2D eigenvalue weighted by atomic mass is 9.83. The Labute approximate surface area is 202 Å². The monoisotopic (exact) mass is 482 g/mol. The van der Waals surface area contributed by atoms with Crippen molar-refractivity contribution in [2.24, 2.45) is 7.05 Å². The zero-order valence-corrected chi connectivity index (χ0v) is 19.7. The molecule has 1 unspecified atom stereocenters. The van der Waals surface area contributed by atoms with Crippen LogP contribution in [0.25, 0.3) is 0 Å². The minimum atomic E-state index is -1.02. The number of aliphatic hydroxyl groups is 2. The maximum atomic E-state index is 13.1. The Kier molecular flexibility index (Phi) is 8.39. The molecule has 2 aromatic carbocycles. The van der Waals surface area contributed by atoms with Crippen LogP contribution in [-0.2, 0) is 7.05 Å². The van der Waals surface area contributed by atoms with Gasteiger partial charge in [0.2, 0.25) is 5.56 Å². The minimum absolute atomic E-state index is 0.0578. The van der Waals surface area contributed by atoms with Gasteiger partial charge in [0.1, 0.15) is 0 Å². The standard InChI is InChI=1S/C26H27ClN2O5/c1-16-11-20(27)8-9-22(16)23(12-24(32)19-7-10-25(33)29(2)14-19)17-3-5-18(6-4-17)26(34)28-13-21(31)15-30/h3-11,14,21,23,30-31H,12-13,15H2,1-2H3,(H,28,34)/t21-,23?/m1/s1. The highest BCUT2D eigenvalue weighted by Crippen LogP contribution is 2.33. The molecule has 0 radical (unpaired) electrons. The quantitative estimate of drug-likeness (QED) is 0.406. The number of nitrogens with zero attached hydrogens (tertiary/aromatic N) is 1. The number of carbonyl (C=O) groups is 2. The Morgan fingerprint density at radius 1 is 1.06 bits per heavy atom. The van der Waals surface area contributed by atoms with Crippen LogP contribution in [0.5, 0.6) is 0 Å². The number of rotatable bonds is 9. The fourth-order valence-corrected chi connectivity index (χ4v) is 3.97. The molecule has 0 aliphatic carbocycles. The van der Waals surface area contributed by atoms with E-state index in [1.165, 1.54) is 22.9 Å². The Balaban J connectivity index is 1.91. The van der Waals surface area contributed by atoms with Crippen molar-refractivity contribution in [3.63, 3.8) is 0 Å². The SMILES string of the molecule is Cc1cc(Cl)ccc1C(CC(=O)c1ccc(=O)n(C)c1)c1ccc(C(=O)NC[C@@H](O)CO)cc1. The molecule has 7 nitrogen and oxygen atoms in total. The largest absolute Gasteiger partial charge is 0.394 e. The average Bonchev–Trinajstić information content (AvgIpc) is 2.82. The summed E-state index contributed by atoms with van der Waals surface area (Å²) in [6.45, 7) is 1.43. The first kappa shape index (κ1) is 25.4. The Morgan fingerprint density at radius 2 is 1.74 bits per heavy atom. The van der Waals surface area contributed by atoms with Gasteiger partial charge in [0, 0.05) is 54.3 Å². The molecule has 0 saturated carbocycles. The van der Waals surface area contributed by atoms with Crippen molar-refractivity contribution in [3.8, 4) is 0 Å². The summed E-state index contributed by atoms with van der Waals surface area (Å²) in [5.74, 6) is -0.787. The van der Waals surface area contributed by atoms with Gasteiger partial charge in [-0.3, -0.25) is 14.4 Å². The summed E-state index contributed by atoms with van der Waals surface area (Å²) in [5, 5.41) is 21.5. The molecule has 0 spiro atoms. The third kappa shape index (κ3) is 6.20. The number of pyridine rings is 1. The number of hydrogen-bond donors (Lipinski definition) is 3. The lowest BCUT2D eigenvalue weighted by molar-refractivity contribution is 0.0802. The average molecular weight is 483 g/mol. The van der Waals surface area contributed by atoms with Gasteiger partial charge in [-0.05, 0) is 53.9 Å². The number of hydrogen-bond acceptors (Lipinski definition) is 5. The third-order valence-corrected chi connectivity index (χ3v) is 5.92. The molecule has 8 heteroatoms. The van der Waals surface area contributed by atoms with Crippen LogP contribution in [0.2, 0.25) is 5.02 Å². The number of Topliss-reactive ketones (excluding diaryl/α,β-unsaturated/α-hetero) is 1. The van der Waals surface area contributed by atoms with E-state index in [0.29, 0.717) is 16.1 Å². The highest BCUT2D eigenvalue weighted by Gasteiger charge is 2.22. The molecule has 3 N–H and O–H groups in total. The normalized spacial score (nSPS) is 12.7. The molecule has 2 atom stereocenters. The number of halogens is 1. The van der Waals surface area contributed by atoms with Gasteiger partial charge in [-0.2, -0.15) is 0 Å². The predicted octanol–water partition coefficient (Wildman–Crippen LogP) is 2.84. The molecule has 0 bridgehead atoms. The van der Waals surface area contributed by atoms with Crippen molar-refractivity contribution >= 4 is 23.3 Å². The molecule has 0 fully saturated rings. The van der Waals surface area contributed by atoms with Crippen molar-refractivity contribution in [1.82, 2.24) is 9.88 Å². The van der Waals surface area contributed by atoms with Crippen LogP contribution in [0.4, 0.5) is 0 Å². The van der Waals surface area contributed by atoms with Gasteiger partial charge in [-0.1, -0.05) is 29.8 Å². The zero-order valence-electron chi connectivity index (χ0n) is 19.0. The molecular formula is C26H27ClN2O5. The maximum Gasteiger partial charge on any atom is 0.251 e. The molecule has 178 valence electrons. The van der Waals surface area contributed by atoms with Gasteiger partial charge in [0.25, 0.3) is 5.91 Å². The van der Waals surface area contributed by atoms with Crippen LogP contribution >= 0.6 is 11.6 Å². The van der Waals surface area contributed by atoms with Crippen LogP contribution in [-0.4, -0.2) is 45.7 Å². The van der Waals surface area contributed by atoms with Crippen molar-refractivity contribution in [3.05, 3.63) is 104 Å². The van der Waals surface area contributed by atoms with E-state index in [2.05, 4.69) is 5.32 Å². The predicted molar refractivity (Wildman–Crippen MR) is 131 cm³/mol. The van der Waals surface area contributed by atoms with E-state index < -0.39 is 12.7 Å². The molecule has 0 aliphatic rings. The van der Waals surface area contributed by atoms with Gasteiger partial charge in [-0.15, -0.1) is 0 Å². The van der Waals surface area contributed by atoms with E-state index >= 15 is 0 Å². The second kappa shape index (κ2) is 11.2. The van der Waals surface area contributed by atoms with Crippen LogP contribution in [0.15, 0.2) is 65.6 Å². The van der Waals surface area contributed by atoms with E-state index in [0.717, 1.165) is 16.7 Å². The van der Waals surface area contributed by atoms with E-state index in [-0.39, 0.29) is 36.1 Å². The van der Waals surface area contributed by atoms with Crippen molar-refractivity contribution in [2.75, 3.05) is 13.2 Å². The van der Waals surface area contributed by atoms with Crippen molar-refractivity contribution < 1.29 is 19.8 Å². The lowest BCUT2D eigenvalue weighted by Crippen LogP contribution is -2.33. The van der Waals surface area contributed by atoms with E-state index in [1.807, 2.05) is 19.1 Å². The van der Waals surface area contributed by atoms with Crippen molar-refractivity contribution in [2.45, 2.75) is 25.4 Å². The first-order chi connectivity index (χ1) is 16.2. The minimum Gasteiger partial charge on any atom is -0.394 e. The fourth-order valence-electron chi connectivity index (χ4n) is 3.74. The lowest BCUT2D eigenvalue weighted by Gasteiger charge is -2.20. The highest BCUT2D eigenvalue weighted by molar-refractivity contribution is 6.30. The number of aromatic nitrogens is 1. The third-order valence-electron chi connectivity index (χ3n) is 5.69. The summed E-state index contributed by atoms with van der Waals surface area (Å²) in [7, 11) is 1.60. The number of ketones is 1. The summed E-state index contributed by atoms with van der Waals surface area (Å²) < 4.78 is 1.37. The maximum absolute atomic E-state index is 13.1. The second-order valence-corrected chi connectivity index (χ2v) is 8.65. The van der Waals surface area contributed by atoms with Gasteiger partial charge in [-0.25, -0.2) is 0 Å². The number of aryl methyl sites for hydroxylation is 2. The first-order valence-electron chi connectivity index (χ1n) is 10.8. The summed E-state index contributed by atoms with van der Waals surface area (Å²) in [6, 6.07) is 15.3. The van der Waals surface area contributed by atoms with Crippen LogP contribution in [0, 0.1) is 6.92 Å². The molecule has 0 aliphatic heterocycles. The highest BCUT2D eigenvalue weighted by atomic mass is 35.5. The molecule has 3 aromatic rings. The number of aliphatic hydroxyl groups excluding tert-OH is 2. The van der Waals surface area contributed by atoms with E-state index in [4.69, 9.17) is 16.7 Å². The fraction of sp³-hybridized carbons (Fsp3) is 0.269. The molecule has 0 saturated heterocycles. The molecule has 1 heterocycles. The Hall–Kier alpha value is -3.26. The summed E-state index contributed by atoms with van der Waals surface area (Å²) >= 11 is 6.14. The molecule has 3 rings (SSSR count). The van der Waals surface area contributed by atoms with Gasteiger partial charge in [0.15, 0.2) is 5.78 Å². The van der Waals surface area contributed by atoms with Gasteiger partial charge >= 0.3 is 0 Å². The van der Waals surface area contributed by atoms with Gasteiger partial charge in [0.05, 0.1) is 12.7 Å². The second-order valence-electron chi connectivity index (χ2n) is 8.22. The van der Waals surface area contributed by atoms with E-state index in [9.17, 15) is 19.5 Å². The molecule has 1 aromatic heterocycles. The molecule has 1 amide bonds. The summed E-state index contributed by atoms with van der Waals surface area (Å²) in [4.78, 5) is 37.2. The van der Waals surface area contributed by atoms with Crippen molar-refractivity contribution in [1.29, 1.82) is 0 Å². The number of amides is 1. The first-order valence-corrected chi connectivity index (χ1v) is 11.2. The topological polar surface area (TPSA) is 109 Å². The smallest absolute Gasteiger partial charge is 0.251 e. The van der Waals surface area contributed by atoms with Gasteiger partial charge < -0.3 is 20.1 Å². The van der Waals surface area contributed by atoms with Crippen LogP contribution < -0.4 is 10.9 Å². The summed E-state index contributed by atoms with van der Waals surface area (Å²) in [6.07, 6.45) is 0.670.